The first kappa shape index (κ1) is 11.6. The maximum atomic E-state index is 8.83. The Labute approximate surface area is 102 Å². The Bertz CT molecular complexity index is 565. The molecule has 1 heterocycles. The SMILES string of the molecule is CC(C)Cc1nccc2c(CC#N)cccc12. The van der Waals surface area contributed by atoms with Crippen LogP contribution in [0.5, 0.6) is 0 Å². The van der Waals surface area contributed by atoms with E-state index in [1.807, 2.05) is 24.4 Å². The van der Waals surface area contributed by atoms with Gasteiger partial charge in [-0.25, -0.2) is 0 Å². The molecular weight excluding hydrogens is 208 g/mol. The van der Waals surface area contributed by atoms with Crippen molar-refractivity contribution in [3.63, 3.8) is 0 Å². The van der Waals surface area contributed by atoms with Gasteiger partial charge in [-0.2, -0.15) is 5.26 Å². The van der Waals surface area contributed by atoms with Crippen molar-refractivity contribution in [1.82, 2.24) is 4.98 Å². The molecule has 2 rings (SSSR count). The van der Waals surface area contributed by atoms with Gasteiger partial charge in [0.1, 0.15) is 0 Å². The number of nitriles is 1. The summed E-state index contributed by atoms with van der Waals surface area (Å²) in [5.74, 6) is 0.590. The molecular formula is C15H16N2. The Morgan fingerprint density at radius 1 is 1.24 bits per heavy atom. The molecule has 86 valence electrons. The molecule has 0 amide bonds. The van der Waals surface area contributed by atoms with Crippen LogP contribution < -0.4 is 0 Å². The summed E-state index contributed by atoms with van der Waals surface area (Å²) in [6, 6.07) is 10.4. The molecule has 2 aromatic rings. The van der Waals surface area contributed by atoms with Gasteiger partial charge in [-0.15, -0.1) is 0 Å². The third-order valence-corrected chi connectivity index (χ3v) is 2.85. The van der Waals surface area contributed by atoms with Crippen LogP contribution in [0.25, 0.3) is 10.8 Å². The van der Waals surface area contributed by atoms with Crippen LogP contribution in [-0.4, -0.2) is 4.98 Å². The molecule has 2 nitrogen and oxygen atoms in total. The zero-order chi connectivity index (χ0) is 12.3. The van der Waals surface area contributed by atoms with Gasteiger partial charge in [0.25, 0.3) is 0 Å². The van der Waals surface area contributed by atoms with Gasteiger partial charge in [0.2, 0.25) is 0 Å². The second-order valence-electron chi connectivity index (χ2n) is 4.70. The zero-order valence-electron chi connectivity index (χ0n) is 10.3. The third kappa shape index (κ3) is 2.45. The number of hydrogen-bond donors (Lipinski definition) is 0. The predicted octanol–water partition coefficient (Wildman–Crippen LogP) is 3.50. The summed E-state index contributed by atoms with van der Waals surface area (Å²) in [6.07, 6.45) is 3.29. The van der Waals surface area contributed by atoms with Crippen LogP contribution in [0.3, 0.4) is 0 Å². The minimum Gasteiger partial charge on any atom is -0.261 e. The van der Waals surface area contributed by atoms with Crippen LogP contribution in [-0.2, 0) is 12.8 Å². The zero-order valence-corrected chi connectivity index (χ0v) is 10.3. The third-order valence-electron chi connectivity index (χ3n) is 2.85. The second kappa shape index (κ2) is 4.97. The van der Waals surface area contributed by atoms with Crippen LogP contribution in [0.4, 0.5) is 0 Å². The molecule has 0 N–H and O–H groups in total. The maximum absolute atomic E-state index is 8.83. The Morgan fingerprint density at radius 3 is 2.76 bits per heavy atom. The molecule has 0 fully saturated rings. The van der Waals surface area contributed by atoms with Gasteiger partial charge in [0.05, 0.1) is 12.5 Å². The van der Waals surface area contributed by atoms with Crippen molar-refractivity contribution in [3.8, 4) is 6.07 Å². The fourth-order valence-corrected chi connectivity index (χ4v) is 2.12. The highest BCUT2D eigenvalue weighted by molar-refractivity contribution is 5.87. The monoisotopic (exact) mass is 224 g/mol. The molecule has 0 radical (unpaired) electrons. The lowest BCUT2D eigenvalue weighted by Crippen LogP contribution is -1.99. The van der Waals surface area contributed by atoms with E-state index in [1.54, 1.807) is 0 Å². The summed E-state index contributed by atoms with van der Waals surface area (Å²) in [7, 11) is 0. The van der Waals surface area contributed by atoms with Crippen molar-refractivity contribution in [1.29, 1.82) is 5.26 Å². The van der Waals surface area contributed by atoms with Crippen molar-refractivity contribution in [2.24, 2.45) is 5.92 Å². The van der Waals surface area contributed by atoms with E-state index >= 15 is 0 Å². The topological polar surface area (TPSA) is 36.7 Å². The lowest BCUT2D eigenvalue weighted by Gasteiger charge is -2.09. The second-order valence-corrected chi connectivity index (χ2v) is 4.70. The molecule has 1 aromatic carbocycles. The smallest absolute Gasteiger partial charge is 0.0669 e. The lowest BCUT2D eigenvalue weighted by atomic mass is 9.98. The summed E-state index contributed by atoms with van der Waals surface area (Å²) < 4.78 is 0. The van der Waals surface area contributed by atoms with E-state index in [9.17, 15) is 0 Å². The van der Waals surface area contributed by atoms with Crippen molar-refractivity contribution in [2.75, 3.05) is 0 Å². The van der Waals surface area contributed by atoms with Crippen LogP contribution in [0, 0.1) is 17.2 Å². The Kier molecular flexibility index (Phi) is 3.39. The van der Waals surface area contributed by atoms with Crippen molar-refractivity contribution in [2.45, 2.75) is 26.7 Å². The highest BCUT2D eigenvalue weighted by Crippen LogP contribution is 2.23. The van der Waals surface area contributed by atoms with Crippen LogP contribution >= 0.6 is 0 Å². The normalized spacial score (nSPS) is 10.7. The fraction of sp³-hybridized carbons (Fsp3) is 0.333. The van der Waals surface area contributed by atoms with E-state index in [0.717, 1.165) is 17.7 Å². The average Bonchev–Trinajstić information content (AvgIpc) is 2.30. The molecule has 0 aliphatic carbocycles. The van der Waals surface area contributed by atoms with E-state index in [-0.39, 0.29) is 0 Å². The molecule has 0 atom stereocenters. The van der Waals surface area contributed by atoms with Gasteiger partial charge in [-0.3, -0.25) is 4.98 Å². The minimum atomic E-state index is 0.461. The molecule has 0 spiro atoms. The summed E-state index contributed by atoms with van der Waals surface area (Å²) >= 11 is 0. The number of rotatable bonds is 3. The molecule has 0 unspecified atom stereocenters. The van der Waals surface area contributed by atoms with Crippen LogP contribution in [0.1, 0.15) is 25.1 Å². The largest absolute Gasteiger partial charge is 0.261 e. The van der Waals surface area contributed by atoms with Crippen molar-refractivity contribution in [3.05, 3.63) is 41.7 Å². The van der Waals surface area contributed by atoms with Crippen molar-refractivity contribution >= 4 is 10.8 Å². The van der Waals surface area contributed by atoms with E-state index in [2.05, 4.69) is 31.0 Å². The molecule has 0 aliphatic rings. The Morgan fingerprint density at radius 2 is 2.06 bits per heavy atom. The van der Waals surface area contributed by atoms with E-state index in [0.29, 0.717) is 12.3 Å². The number of aromatic nitrogens is 1. The summed E-state index contributed by atoms with van der Waals surface area (Å²) in [6.45, 7) is 4.39. The van der Waals surface area contributed by atoms with E-state index in [1.165, 1.54) is 10.8 Å². The fourth-order valence-electron chi connectivity index (χ4n) is 2.12. The average molecular weight is 224 g/mol. The molecule has 0 saturated carbocycles. The standard InChI is InChI=1S/C15H16N2/c1-11(2)10-15-14-5-3-4-12(6-8-16)13(14)7-9-17-15/h3-5,7,9,11H,6,10H2,1-2H3. The Balaban J connectivity index is 2.58. The van der Waals surface area contributed by atoms with Crippen molar-refractivity contribution < 1.29 is 0 Å². The van der Waals surface area contributed by atoms with Gasteiger partial charge in [-0.1, -0.05) is 32.0 Å². The maximum Gasteiger partial charge on any atom is 0.0669 e. The first-order valence-corrected chi connectivity index (χ1v) is 5.95. The quantitative estimate of drug-likeness (QED) is 0.800. The van der Waals surface area contributed by atoms with E-state index in [4.69, 9.17) is 5.26 Å². The minimum absolute atomic E-state index is 0.461. The highest BCUT2D eigenvalue weighted by atomic mass is 14.7. The molecule has 1 aromatic heterocycles. The van der Waals surface area contributed by atoms with Gasteiger partial charge >= 0.3 is 0 Å². The molecule has 2 heteroatoms. The van der Waals surface area contributed by atoms with E-state index < -0.39 is 0 Å². The number of pyridine rings is 1. The van der Waals surface area contributed by atoms with Gasteiger partial charge < -0.3 is 0 Å². The molecule has 0 saturated heterocycles. The molecule has 17 heavy (non-hydrogen) atoms. The van der Waals surface area contributed by atoms with Gasteiger partial charge in [-0.05, 0) is 29.4 Å². The number of hydrogen-bond acceptors (Lipinski definition) is 2. The lowest BCUT2D eigenvalue weighted by molar-refractivity contribution is 0.639. The predicted molar refractivity (Wildman–Crippen MR) is 69.6 cm³/mol. The van der Waals surface area contributed by atoms with Gasteiger partial charge in [0.15, 0.2) is 0 Å². The first-order valence-electron chi connectivity index (χ1n) is 5.95. The van der Waals surface area contributed by atoms with Crippen LogP contribution in [0.2, 0.25) is 0 Å². The number of fused-ring (bicyclic) bond motifs is 1. The first-order chi connectivity index (χ1) is 8.22. The Hall–Kier alpha value is -1.88. The molecule has 0 bridgehead atoms. The summed E-state index contributed by atoms with van der Waals surface area (Å²) in [5.41, 5.74) is 2.23. The van der Waals surface area contributed by atoms with Crippen LogP contribution in [0.15, 0.2) is 30.5 Å². The summed E-state index contributed by atoms with van der Waals surface area (Å²) in [4.78, 5) is 4.47. The van der Waals surface area contributed by atoms with Gasteiger partial charge in [0, 0.05) is 17.3 Å². The number of benzene rings is 1. The summed E-state index contributed by atoms with van der Waals surface area (Å²) in [5, 5.41) is 11.2. The number of nitrogens with zero attached hydrogens (tertiary/aromatic N) is 2. The highest BCUT2D eigenvalue weighted by Gasteiger charge is 2.07. The molecule has 0 aliphatic heterocycles.